The maximum Gasteiger partial charge on any atom is 0.346 e. The van der Waals surface area contributed by atoms with Gasteiger partial charge in [0.05, 0.1) is 0 Å². The number of nitrogens with zero attached hydrogens (tertiary/aromatic N) is 3. The molecule has 2 aromatic rings. The first-order chi connectivity index (χ1) is 10.7. The maximum atomic E-state index is 11.2. The zero-order valence-corrected chi connectivity index (χ0v) is 13.1. The van der Waals surface area contributed by atoms with Gasteiger partial charge in [-0.2, -0.15) is 0 Å². The Kier molecular flexibility index (Phi) is 4.47. The first-order valence-corrected chi connectivity index (χ1v) is 7.90. The molecule has 1 aliphatic rings. The second-order valence-electron chi connectivity index (χ2n) is 5.23. The summed E-state index contributed by atoms with van der Waals surface area (Å²) in [5.41, 5.74) is 3.05. The highest BCUT2D eigenvalue weighted by atomic mass is 32.1. The van der Waals surface area contributed by atoms with Gasteiger partial charge in [-0.3, -0.25) is 4.90 Å². The molecule has 0 atom stereocenters. The molecule has 2 aromatic heterocycles. The zero-order chi connectivity index (χ0) is 15.5. The van der Waals surface area contributed by atoms with Crippen molar-refractivity contribution in [1.29, 1.82) is 0 Å². The van der Waals surface area contributed by atoms with Crippen molar-refractivity contribution in [2.24, 2.45) is 0 Å². The topological polar surface area (TPSA) is 75.6 Å². The highest BCUT2D eigenvalue weighted by Crippen LogP contribution is 2.23. The van der Waals surface area contributed by atoms with E-state index < -0.39 is 5.97 Å². The predicted molar refractivity (Wildman–Crippen MR) is 81.8 cm³/mol. The van der Waals surface area contributed by atoms with Gasteiger partial charge in [-0.05, 0) is 17.0 Å². The third-order valence-electron chi connectivity index (χ3n) is 3.67. The van der Waals surface area contributed by atoms with Gasteiger partial charge >= 0.3 is 5.97 Å². The van der Waals surface area contributed by atoms with Crippen molar-refractivity contribution in [2.45, 2.75) is 26.1 Å². The standard InChI is InChI=1S/C15H17N3O3S/c1-21-9-13-16-6-11-8-18(4-2-12(11)17-13)7-10-3-5-22-14(10)15(19)20/h3,5-6H,2,4,7-9H2,1H3,(H,19,20). The number of rotatable bonds is 5. The van der Waals surface area contributed by atoms with Gasteiger partial charge in [0.25, 0.3) is 0 Å². The smallest absolute Gasteiger partial charge is 0.346 e. The summed E-state index contributed by atoms with van der Waals surface area (Å²) in [6.45, 7) is 2.68. The maximum absolute atomic E-state index is 11.2. The number of ether oxygens (including phenoxy) is 1. The summed E-state index contributed by atoms with van der Waals surface area (Å²) in [5, 5.41) is 11.0. The van der Waals surface area contributed by atoms with Crippen LogP contribution in [-0.2, 0) is 30.9 Å². The van der Waals surface area contributed by atoms with Crippen molar-refractivity contribution >= 4 is 17.3 Å². The molecule has 0 fully saturated rings. The average Bonchev–Trinajstić information content (AvgIpc) is 2.96. The number of aromatic carboxylic acids is 1. The number of aromatic nitrogens is 2. The number of thiophene rings is 1. The molecule has 0 saturated carbocycles. The number of carboxylic acid groups (broad SMARTS) is 1. The SMILES string of the molecule is COCc1ncc2c(n1)CCN(Cc1ccsc1C(=O)O)C2. The van der Waals surface area contributed by atoms with E-state index in [1.165, 1.54) is 11.3 Å². The molecule has 6 nitrogen and oxygen atoms in total. The fraction of sp³-hybridized carbons (Fsp3) is 0.400. The van der Waals surface area contributed by atoms with Crippen LogP contribution in [0.15, 0.2) is 17.6 Å². The number of carbonyl (C=O) groups is 1. The second kappa shape index (κ2) is 6.51. The minimum atomic E-state index is -0.852. The zero-order valence-electron chi connectivity index (χ0n) is 12.3. The Balaban J connectivity index is 1.72. The van der Waals surface area contributed by atoms with Crippen LogP contribution in [-0.4, -0.2) is 39.6 Å². The van der Waals surface area contributed by atoms with Crippen molar-refractivity contribution in [3.05, 3.63) is 45.2 Å². The van der Waals surface area contributed by atoms with Gasteiger partial charge in [0, 0.05) is 50.6 Å². The molecule has 0 radical (unpaired) electrons. The Bertz CT molecular complexity index is 686. The van der Waals surface area contributed by atoms with Crippen LogP contribution >= 0.6 is 11.3 Å². The molecule has 22 heavy (non-hydrogen) atoms. The molecule has 0 spiro atoms. The fourth-order valence-corrected chi connectivity index (χ4v) is 3.39. The van der Waals surface area contributed by atoms with Crippen LogP contribution in [0.5, 0.6) is 0 Å². The average molecular weight is 319 g/mol. The summed E-state index contributed by atoms with van der Waals surface area (Å²) >= 11 is 1.27. The van der Waals surface area contributed by atoms with E-state index in [-0.39, 0.29) is 0 Å². The van der Waals surface area contributed by atoms with Crippen LogP contribution in [0.3, 0.4) is 0 Å². The number of hydrogen-bond acceptors (Lipinski definition) is 6. The van der Waals surface area contributed by atoms with E-state index in [9.17, 15) is 9.90 Å². The monoisotopic (exact) mass is 319 g/mol. The summed E-state index contributed by atoms with van der Waals surface area (Å²) in [5.74, 6) is -0.143. The Morgan fingerprint density at radius 2 is 2.41 bits per heavy atom. The van der Waals surface area contributed by atoms with Crippen LogP contribution in [0.25, 0.3) is 0 Å². The van der Waals surface area contributed by atoms with Crippen molar-refractivity contribution in [1.82, 2.24) is 14.9 Å². The molecule has 0 saturated heterocycles. The lowest BCUT2D eigenvalue weighted by molar-refractivity contribution is 0.0699. The predicted octanol–water partition coefficient (Wildman–Crippen LogP) is 1.94. The lowest BCUT2D eigenvalue weighted by atomic mass is 10.1. The first kappa shape index (κ1) is 15.1. The van der Waals surface area contributed by atoms with E-state index in [0.717, 1.165) is 36.3 Å². The summed E-state index contributed by atoms with van der Waals surface area (Å²) in [7, 11) is 1.63. The molecule has 0 amide bonds. The van der Waals surface area contributed by atoms with Crippen LogP contribution < -0.4 is 0 Å². The molecule has 0 aliphatic carbocycles. The van der Waals surface area contributed by atoms with Gasteiger partial charge in [-0.1, -0.05) is 0 Å². The molecule has 3 heterocycles. The molecular weight excluding hydrogens is 302 g/mol. The normalized spacial score (nSPS) is 14.8. The molecule has 116 valence electrons. The largest absolute Gasteiger partial charge is 0.477 e. The third kappa shape index (κ3) is 3.16. The summed E-state index contributed by atoms with van der Waals surface area (Å²) < 4.78 is 5.06. The Morgan fingerprint density at radius 3 is 3.18 bits per heavy atom. The van der Waals surface area contributed by atoms with Crippen molar-refractivity contribution < 1.29 is 14.6 Å². The van der Waals surface area contributed by atoms with Gasteiger partial charge in [-0.15, -0.1) is 11.3 Å². The minimum absolute atomic E-state index is 0.424. The summed E-state index contributed by atoms with van der Waals surface area (Å²) in [6.07, 6.45) is 2.70. The molecule has 0 unspecified atom stereocenters. The van der Waals surface area contributed by atoms with E-state index >= 15 is 0 Å². The highest BCUT2D eigenvalue weighted by molar-refractivity contribution is 7.12. The van der Waals surface area contributed by atoms with Crippen LogP contribution in [0.2, 0.25) is 0 Å². The lowest BCUT2D eigenvalue weighted by Crippen LogP contribution is -2.31. The van der Waals surface area contributed by atoms with E-state index in [4.69, 9.17) is 4.74 Å². The second-order valence-corrected chi connectivity index (χ2v) is 6.15. The van der Waals surface area contributed by atoms with Crippen molar-refractivity contribution in [2.75, 3.05) is 13.7 Å². The fourth-order valence-electron chi connectivity index (χ4n) is 2.64. The molecule has 7 heteroatoms. The van der Waals surface area contributed by atoms with Gasteiger partial charge in [0.15, 0.2) is 5.82 Å². The molecule has 0 aromatic carbocycles. The number of carboxylic acids is 1. The first-order valence-electron chi connectivity index (χ1n) is 7.02. The van der Waals surface area contributed by atoms with E-state index in [2.05, 4.69) is 14.9 Å². The Morgan fingerprint density at radius 1 is 1.55 bits per heavy atom. The molecule has 0 bridgehead atoms. The number of methoxy groups -OCH3 is 1. The van der Waals surface area contributed by atoms with Crippen molar-refractivity contribution in [3.8, 4) is 0 Å². The van der Waals surface area contributed by atoms with Gasteiger partial charge in [0.2, 0.25) is 0 Å². The van der Waals surface area contributed by atoms with Gasteiger partial charge in [0.1, 0.15) is 11.5 Å². The molecular formula is C15H17N3O3S. The number of fused-ring (bicyclic) bond motifs is 1. The summed E-state index contributed by atoms with van der Waals surface area (Å²) in [4.78, 5) is 22.7. The van der Waals surface area contributed by atoms with E-state index in [1.807, 2.05) is 17.6 Å². The van der Waals surface area contributed by atoms with Gasteiger partial charge in [-0.25, -0.2) is 14.8 Å². The van der Waals surface area contributed by atoms with E-state index in [0.29, 0.717) is 23.9 Å². The lowest BCUT2D eigenvalue weighted by Gasteiger charge is -2.27. The molecule has 1 N–H and O–H groups in total. The quantitative estimate of drug-likeness (QED) is 0.908. The highest BCUT2D eigenvalue weighted by Gasteiger charge is 2.21. The van der Waals surface area contributed by atoms with Crippen LogP contribution in [0.1, 0.15) is 32.3 Å². The van der Waals surface area contributed by atoms with Gasteiger partial charge < -0.3 is 9.84 Å². The number of hydrogen-bond donors (Lipinski definition) is 1. The third-order valence-corrected chi connectivity index (χ3v) is 4.62. The summed E-state index contributed by atoms with van der Waals surface area (Å²) in [6, 6.07) is 1.89. The van der Waals surface area contributed by atoms with Crippen LogP contribution in [0, 0.1) is 0 Å². The minimum Gasteiger partial charge on any atom is -0.477 e. The molecule has 3 rings (SSSR count). The Hall–Kier alpha value is -1.83. The molecule has 1 aliphatic heterocycles. The van der Waals surface area contributed by atoms with Crippen molar-refractivity contribution in [3.63, 3.8) is 0 Å². The van der Waals surface area contributed by atoms with E-state index in [1.54, 1.807) is 7.11 Å². The van der Waals surface area contributed by atoms with Crippen LogP contribution in [0.4, 0.5) is 0 Å². The Labute approximate surface area is 132 Å².